The van der Waals surface area contributed by atoms with Crippen molar-refractivity contribution in [3.8, 4) is 11.1 Å². The van der Waals surface area contributed by atoms with Crippen LogP contribution in [0.25, 0.3) is 22.2 Å². The summed E-state index contributed by atoms with van der Waals surface area (Å²) in [6.45, 7) is 0.461. The summed E-state index contributed by atoms with van der Waals surface area (Å²) in [6.07, 6.45) is 7.11. The average Bonchev–Trinajstić information content (AvgIpc) is 3.16. The van der Waals surface area contributed by atoms with Crippen LogP contribution in [-0.2, 0) is 6.54 Å². The van der Waals surface area contributed by atoms with E-state index >= 15 is 0 Å². The van der Waals surface area contributed by atoms with Gasteiger partial charge in [-0.2, -0.15) is 0 Å². The molecule has 0 fully saturated rings. The molecular formula is C20H16N4O. The van der Waals surface area contributed by atoms with Crippen LogP contribution in [0.5, 0.6) is 0 Å². The van der Waals surface area contributed by atoms with Gasteiger partial charge in [-0.05, 0) is 47.0 Å². The molecule has 0 aliphatic heterocycles. The molecule has 0 atom stereocenters. The van der Waals surface area contributed by atoms with Crippen LogP contribution in [-0.4, -0.2) is 20.9 Å². The highest BCUT2D eigenvalue weighted by Crippen LogP contribution is 2.27. The Labute approximate surface area is 144 Å². The number of aromatic amines is 1. The average molecular weight is 328 g/mol. The summed E-state index contributed by atoms with van der Waals surface area (Å²) in [6, 6.07) is 15.4. The van der Waals surface area contributed by atoms with Crippen molar-refractivity contribution in [2.75, 3.05) is 0 Å². The first kappa shape index (κ1) is 15.1. The molecule has 1 aromatic carbocycles. The van der Waals surface area contributed by atoms with Crippen LogP contribution in [0.3, 0.4) is 0 Å². The monoisotopic (exact) mass is 328 g/mol. The van der Waals surface area contributed by atoms with Crippen LogP contribution in [0.1, 0.15) is 15.9 Å². The number of carbonyl (C=O) groups is 1. The van der Waals surface area contributed by atoms with E-state index in [1.807, 2.05) is 54.7 Å². The first-order valence-electron chi connectivity index (χ1n) is 8.01. The molecule has 0 bridgehead atoms. The third-order valence-electron chi connectivity index (χ3n) is 4.09. The molecule has 0 saturated heterocycles. The number of carbonyl (C=O) groups excluding carboxylic acids is 1. The molecule has 25 heavy (non-hydrogen) atoms. The summed E-state index contributed by atoms with van der Waals surface area (Å²) in [4.78, 5) is 23.7. The number of nitrogens with one attached hydrogen (secondary N) is 2. The number of aromatic nitrogens is 3. The van der Waals surface area contributed by atoms with E-state index in [9.17, 15) is 4.79 Å². The Kier molecular flexibility index (Phi) is 3.96. The van der Waals surface area contributed by atoms with E-state index in [1.165, 1.54) is 0 Å². The molecule has 0 aliphatic rings. The Bertz CT molecular complexity index is 1010. The van der Waals surface area contributed by atoms with Crippen LogP contribution in [0.15, 0.2) is 73.3 Å². The van der Waals surface area contributed by atoms with E-state index in [2.05, 4.69) is 20.3 Å². The van der Waals surface area contributed by atoms with Crippen molar-refractivity contribution in [2.45, 2.75) is 6.54 Å². The lowest BCUT2D eigenvalue weighted by atomic mass is 10.0. The Hall–Kier alpha value is -3.47. The molecule has 5 nitrogen and oxygen atoms in total. The highest BCUT2D eigenvalue weighted by molar-refractivity contribution is 5.96. The number of rotatable bonds is 4. The number of benzene rings is 1. The smallest absolute Gasteiger partial charge is 0.251 e. The SMILES string of the molecule is O=C(NCc1cccnc1)c1ccc(-c2ccnc3[nH]ccc23)cc1. The van der Waals surface area contributed by atoms with Gasteiger partial charge in [0.05, 0.1) is 0 Å². The number of amides is 1. The summed E-state index contributed by atoms with van der Waals surface area (Å²) >= 11 is 0. The van der Waals surface area contributed by atoms with Crippen molar-refractivity contribution in [1.82, 2.24) is 20.3 Å². The molecule has 3 aromatic heterocycles. The molecule has 2 N–H and O–H groups in total. The van der Waals surface area contributed by atoms with Crippen LogP contribution in [0.2, 0.25) is 0 Å². The second kappa shape index (κ2) is 6.57. The third kappa shape index (κ3) is 3.12. The zero-order valence-corrected chi connectivity index (χ0v) is 13.4. The Morgan fingerprint density at radius 1 is 1.04 bits per heavy atom. The molecule has 0 aliphatic carbocycles. The van der Waals surface area contributed by atoms with Crippen molar-refractivity contribution in [1.29, 1.82) is 0 Å². The molecule has 0 spiro atoms. The standard InChI is InChI=1S/C20H16N4O/c25-20(24-13-14-2-1-9-21-12-14)16-5-3-15(4-6-16)17-7-10-22-19-18(17)8-11-23-19/h1-12H,13H2,(H,22,23)(H,24,25). The van der Waals surface area contributed by atoms with Crippen molar-refractivity contribution in [3.05, 3.63) is 84.4 Å². The van der Waals surface area contributed by atoms with E-state index in [0.29, 0.717) is 12.1 Å². The quantitative estimate of drug-likeness (QED) is 0.602. The molecule has 4 rings (SSSR count). The number of nitrogens with zero attached hydrogens (tertiary/aromatic N) is 2. The van der Waals surface area contributed by atoms with Gasteiger partial charge < -0.3 is 10.3 Å². The number of hydrogen-bond donors (Lipinski definition) is 2. The van der Waals surface area contributed by atoms with Crippen molar-refractivity contribution >= 4 is 16.9 Å². The molecule has 4 aromatic rings. The number of hydrogen-bond acceptors (Lipinski definition) is 3. The van der Waals surface area contributed by atoms with Crippen LogP contribution >= 0.6 is 0 Å². The second-order valence-corrected chi connectivity index (χ2v) is 5.72. The normalized spacial score (nSPS) is 10.7. The first-order chi connectivity index (χ1) is 12.3. The summed E-state index contributed by atoms with van der Waals surface area (Å²) in [5.41, 5.74) is 4.60. The fourth-order valence-corrected chi connectivity index (χ4v) is 2.80. The Balaban J connectivity index is 1.52. The van der Waals surface area contributed by atoms with Gasteiger partial charge in [0.25, 0.3) is 5.91 Å². The van der Waals surface area contributed by atoms with Gasteiger partial charge in [0.15, 0.2) is 0 Å². The van der Waals surface area contributed by atoms with Gasteiger partial charge in [-0.3, -0.25) is 9.78 Å². The fraction of sp³-hybridized carbons (Fsp3) is 0.0500. The second-order valence-electron chi connectivity index (χ2n) is 5.72. The van der Waals surface area contributed by atoms with E-state index in [0.717, 1.165) is 27.7 Å². The fourth-order valence-electron chi connectivity index (χ4n) is 2.80. The van der Waals surface area contributed by atoms with E-state index in [4.69, 9.17) is 0 Å². The minimum Gasteiger partial charge on any atom is -0.348 e. The van der Waals surface area contributed by atoms with Crippen LogP contribution in [0.4, 0.5) is 0 Å². The Morgan fingerprint density at radius 2 is 1.92 bits per heavy atom. The van der Waals surface area contributed by atoms with E-state index in [-0.39, 0.29) is 5.91 Å². The molecule has 3 heterocycles. The van der Waals surface area contributed by atoms with Gasteiger partial charge in [-0.15, -0.1) is 0 Å². The maximum atomic E-state index is 12.3. The number of H-pyrrole nitrogens is 1. The topological polar surface area (TPSA) is 70.7 Å². The van der Waals surface area contributed by atoms with Crippen molar-refractivity contribution in [2.24, 2.45) is 0 Å². The summed E-state index contributed by atoms with van der Waals surface area (Å²) in [5, 5.41) is 3.97. The zero-order chi connectivity index (χ0) is 17.1. The lowest BCUT2D eigenvalue weighted by Crippen LogP contribution is -2.22. The van der Waals surface area contributed by atoms with Gasteiger partial charge >= 0.3 is 0 Å². The minimum atomic E-state index is -0.100. The van der Waals surface area contributed by atoms with Gasteiger partial charge in [-0.1, -0.05) is 18.2 Å². The largest absolute Gasteiger partial charge is 0.348 e. The number of fused-ring (bicyclic) bond motifs is 1. The van der Waals surface area contributed by atoms with Crippen LogP contribution in [0, 0.1) is 0 Å². The molecule has 0 saturated carbocycles. The van der Waals surface area contributed by atoms with Gasteiger partial charge in [0.1, 0.15) is 5.65 Å². The molecule has 0 radical (unpaired) electrons. The summed E-state index contributed by atoms with van der Waals surface area (Å²) in [7, 11) is 0. The maximum absolute atomic E-state index is 12.3. The molecule has 1 amide bonds. The van der Waals surface area contributed by atoms with Gasteiger partial charge in [0.2, 0.25) is 0 Å². The first-order valence-corrected chi connectivity index (χ1v) is 8.01. The highest BCUT2D eigenvalue weighted by Gasteiger charge is 2.08. The minimum absolute atomic E-state index is 0.100. The molecule has 122 valence electrons. The van der Waals surface area contributed by atoms with Gasteiger partial charge in [0, 0.05) is 42.3 Å². The van der Waals surface area contributed by atoms with Crippen molar-refractivity contribution < 1.29 is 4.79 Å². The third-order valence-corrected chi connectivity index (χ3v) is 4.09. The van der Waals surface area contributed by atoms with Crippen molar-refractivity contribution in [3.63, 3.8) is 0 Å². The lowest BCUT2D eigenvalue weighted by molar-refractivity contribution is 0.0951. The van der Waals surface area contributed by atoms with E-state index < -0.39 is 0 Å². The lowest BCUT2D eigenvalue weighted by Gasteiger charge is -2.07. The highest BCUT2D eigenvalue weighted by atomic mass is 16.1. The Morgan fingerprint density at radius 3 is 2.72 bits per heavy atom. The summed E-state index contributed by atoms with van der Waals surface area (Å²) in [5.74, 6) is -0.100. The maximum Gasteiger partial charge on any atom is 0.251 e. The van der Waals surface area contributed by atoms with Gasteiger partial charge in [-0.25, -0.2) is 4.98 Å². The molecule has 5 heteroatoms. The zero-order valence-electron chi connectivity index (χ0n) is 13.4. The predicted octanol–water partition coefficient (Wildman–Crippen LogP) is 3.55. The number of pyridine rings is 2. The molecular weight excluding hydrogens is 312 g/mol. The molecule has 0 unspecified atom stereocenters. The van der Waals surface area contributed by atoms with E-state index in [1.54, 1.807) is 18.6 Å². The predicted molar refractivity (Wildman–Crippen MR) is 96.9 cm³/mol. The van der Waals surface area contributed by atoms with Crippen LogP contribution < -0.4 is 5.32 Å². The summed E-state index contributed by atoms with van der Waals surface area (Å²) < 4.78 is 0.